The first-order chi connectivity index (χ1) is 14.0. The quantitative estimate of drug-likeness (QED) is 0.793. The molecule has 2 aliphatic heterocycles. The molecule has 4 rings (SSSR count). The molecule has 1 saturated heterocycles. The van der Waals surface area contributed by atoms with Gasteiger partial charge in [0.05, 0.1) is 5.69 Å². The van der Waals surface area contributed by atoms with Crippen molar-refractivity contribution in [3.8, 4) is 5.75 Å². The van der Waals surface area contributed by atoms with Crippen molar-refractivity contribution < 1.29 is 13.9 Å². The van der Waals surface area contributed by atoms with Crippen LogP contribution in [0.1, 0.15) is 42.8 Å². The molecule has 2 aromatic rings. The van der Waals surface area contributed by atoms with E-state index in [1.165, 1.54) is 12.1 Å². The maximum atomic E-state index is 13.8. The molecule has 0 unspecified atom stereocenters. The predicted octanol–water partition coefficient (Wildman–Crippen LogP) is 2.78. The molecule has 6 nitrogen and oxygen atoms in total. The minimum Gasteiger partial charge on any atom is -0.478 e. The van der Waals surface area contributed by atoms with Crippen molar-refractivity contribution in [3.05, 3.63) is 53.4 Å². The third-order valence-corrected chi connectivity index (χ3v) is 5.84. The number of likely N-dealkylation sites (tertiary alicyclic amines) is 1. The number of fused-ring (bicyclic) bond motifs is 1. The lowest BCUT2D eigenvalue weighted by Gasteiger charge is -2.31. The van der Waals surface area contributed by atoms with Crippen LogP contribution in [0.4, 0.5) is 4.39 Å². The maximum absolute atomic E-state index is 13.8. The Morgan fingerprint density at radius 3 is 2.76 bits per heavy atom. The van der Waals surface area contributed by atoms with Gasteiger partial charge in [-0.2, -0.15) is 0 Å². The summed E-state index contributed by atoms with van der Waals surface area (Å²) in [5.74, 6) is 0.833. The van der Waals surface area contributed by atoms with Gasteiger partial charge in [-0.15, -0.1) is 0 Å². The van der Waals surface area contributed by atoms with E-state index in [1.54, 1.807) is 24.0 Å². The molecule has 29 heavy (non-hydrogen) atoms. The second-order valence-corrected chi connectivity index (χ2v) is 7.98. The summed E-state index contributed by atoms with van der Waals surface area (Å²) in [6, 6.07) is 6.13. The van der Waals surface area contributed by atoms with E-state index in [1.807, 2.05) is 6.20 Å². The van der Waals surface area contributed by atoms with Crippen LogP contribution in [-0.4, -0.2) is 58.5 Å². The van der Waals surface area contributed by atoms with E-state index >= 15 is 0 Å². The number of rotatable bonds is 4. The number of carbonyl (C=O) groups excluding carboxylic acids is 1. The van der Waals surface area contributed by atoms with E-state index in [2.05, 4.69) is 16.9 Å². The summed E-state index contributed by atoms with van der Waals surface area (Å²) in [5.41, 5.74) is 2.03. The minimum atomic E-state index is -0.757. The molecule has 1 aromatic carbocycles. The first kappa shape index (κ1) is 19.8. The number of amides is 1. The Balaban J connectivity index is 1.40. The van der Waals surface area contributed by atoms with Gasteiger partial charge >= 0.3 is 0 Å². The minimum absolute atomic E-state index is 0.0943. The molecule has 1 aromatic heterocycles. The monoisotopic (exact) mass is 398 g/mol. The normalized spacial score (nSPS) is 18.9. The third-order valence-electron chi connectivity index (χ3n) is 5.84. The Morgan fingerprint density at radius 2 is 2.00 bits per heavy atom. The smallest absolute Gasteiger partial charge is 0.263 e. The van der Waals surface area contributed by atoms with E-state index in [4.69, 9.17) is 9.72 Å². The highest BCUT2D eigenvalue weighted by Crippen LogP contribution is 2.27. The number of para-hydroxylation sites is 1. The molecule has 0 radical (unpaired) electrons. The van der Waals surface area contributed by atoms with E-state index in [0.29, 0.717) is 25.4 Å². The second-order valence-electron chi connectivity index (χ2n) is 7.98. The van der Waals surface area contributed by atoms with Gasteiger partial charge < -0.3 is 14.5 Å². The zero-order valence-corrected chi connectivity index (χ0v) is 17.0. The van der Waals surface area contributed by atoms with Gasteiger partial charge in [0.2, 0.25) is 0 Å². The average molecular weight is 398 g/mol. The third kappa shape index (κ3) is 4.40. The molecule has 0 N–H and O–H groups in total. The highest BCUT2D eigenvalue weighted by Gasteiger charge is 2.28. The zero-order valence-electron chi connectivity index (χ0n) is 17.0. The van der Waals surface area contributed by atoms with Gasteiger partial charge in [0.15, 0.2) is 17.7 Å². The van der Waals surface area contributed by atoms with Gasteiger partial charge in [-0.1, -0.05) is 12.1 Å². The number of piperidine rings is 1. The van der Waals surface area contributed by atoms with Crippen molar-refractivity contribution in [2.24, 2.45) is 0 Å². The van der Waals surface area contributed by atoms with Crippen LogP contribution in [0.2, 0.25) is 0 Å². The standard InChI is InChI=1S/C22H27FN4O2/c1-15(29-20-6-4-3-5-18(20)23)22(28)27-12-9-19-17(14-27)13-24-21(25-19)16-7-10-26(2)11-8-16/h3-6,13,15-16H,7-12,14H2,1-2H3/t15-/m0/s1. The summed E-state index contributed by atoms with van der Waals surface area (Å²) in [4.78, 5) is 26.3. The number of nitrogens with zero attached hydrogens (tertiary/aromatic N) is 4. The molecule has 1 amide bonds. The average Bonchev–Trinajstić information content (AvgIpc) is 2.74. The van der Waals surface area contributed by atoms with E-state index in [0.717, 1.165) is 43.0 Å². The fourth-order valence-electron chi connectivity index (χ4n) is 4.02. The van der Waals surface area contributed by atoms with Crippen molar-refractivity contribution in [2.75, 3.05) is 26.7 Å². The summed E-state index contributed by atoms with van der Waals surface area (Å²) >= 11 is 0. The lowest BCUT2D eigenvalue weighted by atomic mass is 9.95. The van der Waals surface area contributed by atoms with Gasteiger partial charge in [0.1, 0.15) is 5.82 Å². The van der Waals surface area contributed by atoms with Gasteiger partial charge in [0.25, 0.3) is 5.91 Å². The van der Waals surface area contributed by atoms with Crippen LogP contribution >= 0.6 is 0 Å². The fourth-order valence-corrected chi connectivity index (χ4v) is 4.02. The summed E-state index contributed by atoms with van der Waals surface area (Å²) in [6.45, 7) is 4.86. The maximum Gasteiger partial charge on any atom is 0.263 e. The number of halogens is 1. The molecular weight excluding hydrogens is 371 g/mol. The molecule has 7 heteroatoms. The van der Waals surface area contributed by atoms with Crippen molar-refractivity contribution in [3.63, 3.8) is 0 Å². The van der Waals surface area contributed by atoms with E-state index in [9.17, 15) is 9.18 Å². The van der Waals surface area contributed by atoms with Gasteiger partial charge in [-0.3, -0.25) is 4.79 Å². The molecule has 0 spiro atoms. The Morgan fingerprint density at radius 1 is 1.24 bits per heavy atom. The zero-order chi connectivity index (χ0) is 20.4. The highest BCUT2D eigenvalue weighted by molar-refractivity contribution is 5.81. The molecule has 1 fully saturated rings. The van der Waals surface area contributed by atoms with Crippen molar-refractivity contribution in [2.45, 2.75) is 44.8 Å². The summed E-state index contributed by atoms with van der Waals surface area (Å²) in [6.07, 6.45) is 4.00. The first-order valence-corrected chi connectivity index (χ1v) is 10.2. The summed E-state index contributed by atoms with van der Waals surface area (Å²) in [5, 5.41) is 0. The summed E-state index contributed by atoms with van der Waals surface area (Å²) in [7, 11) is 2.15. The SMILES string of the molecule is C[C@H](Oc1ccccc1F)C(=O)N1CCc2nc(C3CCN(C)CC3)ncc2C1. The Kier molecular flexibility index (Phi) is 5.76. The Bertz CT molecular complexity index is 883. The molecule has 2 aliphatic rings. The van der Waals surface area contributed by atoms with E-state index in [-0.39, 0.29) is 11.7 Å². The number of ether oxygens (including phenoxy) is 1. The largest absolute Gasteiger partial charge is 0.478 e. The molecule has 1 atom stereocenters. The van der Waals surface area contributed by atoms with Gasteiger partial charge in [-0.05, 0) is 52.0 Å². The first-order valence-electron chi connectivity index (χ1n) is 10.2. The van der Waals surface area contributed by atoms with E-state index < -0.39 is 11.9 Å². The molecule has 0 aliphatic carbocycles. The summed E-state index contributed by atoms with van der Waals surface area (Å²) < 4.78 is 19.4. The number of hydrogen-bond donors (Lipinski definition) is 0. The van der Waals surface area contributed by atoms with Crippen molar-refractivity contribution in [1.29, 1.82) is 0 Å². The molecule has 0 bridgehead atoms. The number of benzene rings is 1. The van der Waals surface area contributed by atoms with Crippen molar-refractivity contribution >= 4 is 5.91 Å². The van der Waals surface area contributed by atoms with Crippen LogP contribution in [-0.2, 0) is 17.8 Å². The number of carbonyl (C=O) groups is 1. The number of hydrogen-bond acceptors (Lipinski definition) is 5. The molecule has 154 valence electrons. The second kappa shape index (κ2) is 8.45. The fraction of sp³-hybridized carbons (Fsp3) is 0.500. The number of aromatic nitrogens is 2. The van der Waals surface area contributed by atoms with Gasteiger partial charge in [0, 0.05) is 37.2 Å². The highest BCUT2D eigenvalue weighted by atomic mass is 19.1. The molecule has 3 heterocycles. The lowest BCUT2D eigenvalue weighted by Crippen LogP contribution is -2.43. The predicted molar refractivity (Wildman–Crippen MR) is 107 cm³/mol. The molecular formula is C22H27FN4O2. The Hall–Kier alpha value is -2.54. The topological polar surface area (TPSA) is 58.6 Å². The van der Waals surface area contributed by atoms with Crippen molar-refractivity contribution in [1.82, 2.24) is 19.8 Å². The Labute approximate surface area is 170 Å². The van der Waals surface area contributed by atoms with Crippen LogP contribution in [0.5, 0.6) is 5.75 Å². The molecule has 0 saturated carbocycles. The van der Waals surface area contributed by atoms with Gasteiger partial charge in [-0.25, -0.2) is 14.4 Å². The van der Waals surface area contributed by atoms with Crippen LogP contribution < -0.4 is 4.74 Å². The lowest BCUT2D eigenvalue weighted by molar-refractivity contribution is -0.139. The van der Waals surface area contributed by atoms with Crippen LogP contribution in [0.3, 0.4) is 0 Å². The van der Waals surface area contributed by atoms with Crippen LogP contribution in [0, 0.1) is 5.82 Å². The van der Waals surface area contributed by atoms with Crippen LogP contribution in [0.15, 0.2) is 30.5 Å². The van der Waals surface area contributed by atoms with Crippen LogP contribution in [0.25, 0.3) is 0 Å².